The first-order valence-electron chi connectivity index (χ1n) is 8.44. The fourth-order valence-electron chi connectivity index (χ4n) is 3.16. The molecule has 1 amide bonds. The number of aryl methyl sites for hydroxylation is 1. The van der Waals surface area contributed by atoms with Crippen LogP contribution in [0.2, 0.25) is 0 Å². The zero-order valence-electron chi connectivity index (χ0n) is 14.7. The topological polar surface area (TPSA) is 71.8 Å². The van der Waals surface area contributed by atoms with Gasteiger partial charge in [0, 0.05) is 36.5 Å². The zero-order chi connectivity index (χ0) is 17.3. The molecule has 0 aromatic carbocycles. The SMILES string of the molecule is COC(=O)N1CCC(Nc2cc(C)nc3c(C(C)C)cnn23)CC1. The van der Waals surface area contributed by atoms with Crippen molar-refractivity contribution in [1.82, 2.24) is 19.5 Å². The second-order valence-corrected chi connectivity index (χ2v) is 6.65. The van der Waals surface area contributed by atoms with Crippen LogP contribution < -0.4 is 5.32 Å². The van der Waals surface area contributed by atoms with Crippen LogP contribution in [-0.4, -0.2) is 51.8 Å². The number of rotatable bonds is 3. The van der Waals surface area contributed by atoms with Crippen molar-refractivity contribution in [3.05, 3.63) is 23.5 Å². The van der Waals surface area contributed by atoms with Crippen molar-refractivity contribution in [1.29, 1.82) is 0 Å². The number of fused-ring (bicyclic) bond motifs is 1. The van der Waals surface area contributed by atoms with Crippen LogP contribution in [0.15, 0.2) is 12.3 Å². The van der Waals surface area contributed by atoms with E-state index in [9.17, 15) is 4.79 Å². The molecule has 0 atom stereocenters. The van der Waals surface area contributed by atoms with Crippen LogP contribution in [0.5, 0.6) is 0 Å². The number of amides is 1. The fraction of sp³-hybridized carbons (Fsp3) is 0.588. The van der Waals surface area contributed by atoms with Gasteiger partial charge in [0.1, 0.15) is 5.82 Å². The van der Waals surface area contributed by atoms with E-state index in [1.807, 2.05) is 23.7 Å². The second-order valence-electron chi connectivity index (χ2n) is 6.65. The summed E-state index contributed by atoms with van der Waals surface area (Å²) in [5, 5.41) is 8.09. The lowest BCUT2D eigenvalue weighted by Crippen LogP contribution is -2.42. The van der Waals surface area contributed by atoms with Gasteiger partial charge >= 0.3 is 6.09 Å². The number of methoxy groups -OCH3 is 1. The molecule has 2 aromatic heterocycles. The maximum absolute atomic E-state index is 11.6. The van der Waals surface area contributed by atoms with Crippen LogP contribution in [0, 0.1) is 6.92 Å². The molecular weight excluding hydrogens is 306 g/mol. The maximum Gasteiger partial charge on any atom is 0.409 e. The average Bonchev–Trinajstić information content (AvgIpc) is 2.99. The van der Waals surface area contributed by atoms with E-state index in [1.165, 1.54) is 7.11 Å². The van der Waals surface area contributed by atoms with Crippen molar-refractivity contribution in [3.63, 3.8) is 0 Å². The van der Waals surface area contributed by atoms with Crippen molar-refractivity contribution < 1.29 is 9.53 Å². The molecule has 130 valence electrons. The van der Waals surface area contributed by atoms with E-state index in [4.69, 9.17) is 4.74 Å². The summed E-state index contributed by atoms with van der Waals surface area (Å²) in [7, 11) is 1.42. The maximum atomic E-state index is 11.6. The molecule has 1 N–H and O–H groups in total. The van der Waals surface area contributed by atoms with Crippen LogP contribution >= 0.6 is 0 Å². The summed E-state index contributed by atoms with van der Waals surface area (Å²) < 4.78 is 6.67. The quantitative estimate of drug-likeness (QED) is 0.936. The molecule has 2 aromatic rings. The van der Waals surface area contributed by atoms with Crippen molar-refractivity contribution in [3.8, 4) is 0 Å². The van der Waals surface area contributed by atoms with Gasteiger partial charge in [-0.3, -0.25) is 0 Å². The first-order chi connectivity index (χ1) is 11.5. The highest BCUT2D eigenvalue weighted by Gasteiger charge is 2.24. The number of hydrogen-bond acceptors (Lipinski definition) is 5. The van der Waals surface area contributed by atoms with E-state index in [0.29, 0.717) is 25.0 Å². The third-order valence-electron chi connectivity index (χ3n) is 4.53. The zero-order valence-corrected chi connectivity index (χ0v) is 14.7. The van der Waals surface area contributed by atoms with Crippen molar-refractivity contribution >= 4 is 17.6 Å². The number of carbonyl (C=O) groups excluding carboxylic acids is 1. The Hall–Kier alpha value is -2.31. The van der Waals surface area contributed by atoms with Gasteiger partial charge in [0.15, 0.2) is 5.65 Å². The van der Waals surface area contributed by atoms with Crippen LogP contribution in [0.1, 0.15) is 43.9 Å². The predicted octanol–water partition coefficient (Wildman–Crippen LogP) is 2.80. The molecule has 0 spiro atoms. The van der Waals surface area contributed by atoms with Gasteiger partial charge in [-0.2, -0.15) is 9.61 Å². The van der Waals surface area contributed by atoms with Gasteiger partial charge in [0.05, 0.1) is 13.3 Å². The van der Waals surface area contributed by atoms with Gasteiger partial charge in [0.2, 0.25) is 0 Å². The summed E-state index contributed by atoms with van der Waals surface area (Å²) in [5.41, 5.74) is 3.04. The minimum Gasteiger partial charge on any atom is -0.453 e. The Kier molecular flexibility index (Phi) is 4.59. The van der Waals surface area contributed by atoms with Crippen LogP contribution in [0.3, 0.4) is 0 Å². The standard InChI is InChI=1S/C17H25N5O2/c1-11(2)14-10-18-22-15(9-12(3)19-16(14)22)20-13-5-7-21(8-6-13)17(23)24-4/h9-11,13,20H,5-8H2,1-4H3. The Bertz CT molecular complexity index is 732. The summed E-state index contributed by atoms with van der Waals surface area (Å²) >= 11 is 0. The van der Waals surface area contributed by atoms with E-state index >= 15 is 0 Å². The number of ether oxygens (including phenoxy) is 1. The van der Waals surface area contributed by atoms with E-state index < -0.39 is 0 Å². The summed E-state index contributed by atoms with van der Waals surface area (Å²) in [6, 6.07) is 2.33. The lowest BCUT2D eigenvalue weighted by atomic mass is 10.1. The Labute approximate surface area is 142 Å². The molecule has 1 fully saturated rings. The molecule has 1 saturated heterocycles. The predicted molar refractivity (Wildman–Crippen MR) is 92.4 cm³/mol. The Morgan fingerprint density at radius 1 is 1.38 bits per heavy atom. The minimum absolute atomic E-state index is 0.246. The molecular formula is C17H25N5O2. The number of hydrogen-bond donors (Lipinski definition) is 1. The summed E-state index contributed by atoms with van der Waals surface area (Å²) in [5.74, 6) is 1.34. The minimum atomic E-state index is -0.246. The molecule has 0 saturated carbocycles. The molecule has 0 radical (unpaired) electrons. The van der Waals surface area contributed by atoms with E-state index in [2.05, 4.69) is 29.2 Å². The molecule has 0 unspecified atom stereocenters. The lowest BCUT2D eigenvalue weighted by molar-refractivity contribution is 0.113. The molecule has 0 bridgehead atoms. The van der Waals surface area contributed by atoms with E-state index in [-0.39, 0.29) is 6.09 Å². The second kappa shape index (κ2) is 6.67. The number of nitrogens with zero attached hydrogens (tertiary/aromatic N) is 4. The largest absolute Gasteiger partial charge is 0.453 e. The highest BCUT2D eigenvalue weighted by atomic mass is 16.5. The van der Waals surface area contributed by atoms with Gasteiger partial charge in [-0.05, 0) is 25.7 Å². The van der Waals surface area contributed by atoms with Crippen LogP contribution in [0.4, 0.5) is 10.6 Å². The van der Waals surface area contributed by atoms with Gasteiger partial charge in [-0.25, -0.2) is 9.78 Å². The third-order valence-corrected chi connectivity index (χ3v) is 4.53. The first-order valence-corrected chi connectivity index (χ1v) is 8.44. The molecule has 7 nitrogen and oxygen atoms in total. The smallest absolute Gasteiger partial charge is 0.409 e. The molecule has 0 aliphatic carbocycles. The van der Waals surface area contributed by atoms with Gasteiger partial charge < -0.3 is 15.0 Å². The summed E-state index contributed by atoms with van der Waals surface area (Å²) in [6.45, 7) is 7.71. The number of likely N-dealkylation sites (tertiary alicyclic amines) is 1. The summed E-state index contributed by atoms with van der Waals surface area (Å²) in [6.07, 6.45) is 3.42. The molecule has 3 heterocycles. The van der Waals surface area contributed by atoms with Gasteiger partial charge in [0.25, 0.3) is 0 Å². The lowest BCUT2D eigenvalue weighted by Gasteiger charge is -2.31. The highest BCUT2D eigenvalue weighted by Crippen LogP contribution is 2.24. The third kappa shape index (κ3) is 3.16. The van der Waals surface area contributed by atoms with Crippen molar-refractivity contribution in [2.24, 2.45) is 0 Å². The number of aromatic nitrogens is 3. The molecule has 1 aliphatic heterocycles. The van der Waals surface area contributed by atoms with Gasteiger partial charge in [-0.15, -0.1) is 0 Å². The monoisotopic (exact) mass is 331 g/mol. The Morgan fingerprint density at radius 2 is 2.08 bits per heavy atom. The van der Waals surface area contributed by atoms with Crippen LogP contribution in [0.25, 0.3) is 5.65 Å². The summed E-state index contributed by atoms with van der Waals surface area (Å²) in [4.78, 5) is 18.0. The highest BCUT2D eigenvalue weighted by molar-refractivity contribution is 5.67. The first kappa shape index (κ1) is 16.5. The normalized spacial score (nSPS) is 16.0. The van der Waals surface area contributed by atoms with E-state index in [1.54, 1.807) is 4.90 Å². The van der Waals surface area contributed by atoms with Gasteiger partial charge in [-0.1, -0.05) is 13.8 Å². The number of anilines is 1. The molecule has 7 heteroatoms. The van der Waals surface area contributed by atoms with E-state index in [0.717, 1.165) is 35.6 Å². The number of carbonyl (C=O) groups is 1. The van der Waals surface area contributed by atoms with Crippen molar-refractivity contribution in [2.45, 2.75) is 45.6 Å². The molecule has 24 heavy (non-hydrogen) atoms. The number of nitrogens with one attached hydrogen (secondary N) is 1. The van der Waals surface area contributed by atoms with Crippen molar-refractivity contribution in [2.75, 3.05) is 25.5 Å². The Morgan fingerprint density at radius 3 is 2.71 bits per heavy atom. The van der Waals surface area contributed by atoms with Crippen LogP contribution in [-0.2, 0) is 4.74 Å². The molecule has 3 rings (SSSR count). The molecule has 1 aliphatic rings. The number of piperidine rings is 1. The average molecular weight is 331 g/mol. The fourth-order valence-corrected chi connectivity index (χ4v) is 3.16. The Balaban J connectivity index is 1.78.